The van der Waals surface area contributed by atoms with Crippen LogP contribution in [0.5, 0.6) is 0 Å². The van der Waals surface area contributed by atoms with Gasteiger partial charge in [-0.1, -0.05) is 26.2 Å². The summed E-state index contributed by atoms with van der Waals surface area (Å²) in [4.78, 5) is 0. The highest BCUT2D eigenvalue weighted by Gasteiger charge is 2.28. The van der Waals surface area contributed by atoms with Crippen LogP contribution < -0.4 is 0 Å². The molecular weight excluding hydrogens is 148 g/mol. The summed E-state index contributed by atoms with van der Waals surface area (Å²) in [6, 6.07) is 0. The van der Waals surface area contributed by atoms with Crippen LogP contribution in [0.2, 0.25) is 0 Å². The number of unbranched alkanes of at least 4 members (excludes halogenated alkanes) is 3. The Bertz CT molecular complexity index is 108. The highest BCUT2D eigenvalue weighted by Crippen LogP contribution is 2.33. The van der Waals surface area contributed by atoms with E-state index < -0.39 is 0 Å². The fraction of sp³-hybridized carbons (Fsp3) is 1.00. The molecule has 1 nitrogen and oxygen atoms in total. The molecule has 0 aromatic carbocycles. The van der Waals surface area contributed by atoms with Crippen molar-refractivity contribution in [2.75, 3.05) is 6.61 Å². The molecule has 0 bridgehead atoms. The minimum atomic E-state index is 0.534. The maximum atomic E-state index is 5.71. The molecule has 1 heteroatoms. The van der Waals surface area contributed by atoms with E-state index in [1.165, 1.54) is 38.5 Å². The van der Waals surface area contributed by atoms with E-state index in [4.69, 9.17) is 4.74 Å². The second-order valence-electron chi connectivity index (χ2n) is 3.97. The van der Waals surface area contributed by atoms with Gasteiger partial charge in [-0.25, -0.2) is 0 Å². The van der Waals surface area contributed by atoms with Gasteiger partial charge in [0.2, 0.25) is 0 Å². The maximum absolute atomic E-state index is 5.71. The summed E-state index contributed by atoms with van der Waals surface area (Å²) in [6.45, 7) is 5.45. The monoisotopic (exact) mass is 170 g/mol. The Kier molecular flexibility index (Phi) is 4.67. The van der Waals surface area contributed by atoms with Gasteiger partial charge in [-0.15, -0.1) is 0 Å². The molecule has 0 amide bonds. The molecule has 0 aromatic heterocycles. The number of hydrogen-bond acceptors (Lipinski definition) is 1. The molecule has 1 saturated carbocycles. The zero-order chi connectivity index (χ0) is 8.81. The normalized spacial score (nSPS) is 19.5. The van der Waals surface area contributed by atoms with E-state index >= 15 is 0 Å². The standard InChI is InChI=1S/C11H22O/c1-3-4-5-6-9-12-10(2)11-7-8-11/h10-11H,3-9H2,1-2H3. The van der Waals surface area contributed by atoms with E-state index in [1.807, 2.05) is 0 Å². The molecule has 0 N–H and O–H groups in total. The minimum Gasteiger partial charge on any atom is -0.378 e. The van der Waals surface area contributed by atoms with Crippen LogP contribution in [0, 0.1) is 5.92 Å². The quantitative estimate of drug-likeness (QED) is 0.532. The van der Waals surface area contributed by atoms with Crippen molar-refractivity contribution in [1.29, 1.82) is 0 Å². The van der Waals surface area contributed by atoms with Gasteiger partial charge in [0.05, 0.1) is 6.10 Å². The average molecular weight is 170 g/mol. The van der Waals surface area contributed by atoms with Gasteiger partial charge in [-0.05, 0) is 32.1 Å². The zero-order valence-electron chi connectivity index (χ0n) is 8.51. The van der Waals surface area contributed by atoms with E-state index in [0.717, 1.165) is 12.5 Å². The molecule has 1 fully saturated rings. The predicted molar refractivity (Wildman–Crippen MR) is 52.3 cm³/mol. The van der Waals surface area contributed by atoms with Crippen LogP contribution in [0.1, 0.15) is 52.4 Å². The highest BCUT2D eigenvalue weighted by atomic mass is 16.5. The highest BCUT2D eigenvalue weighted by molar-refractivity contribution is 4.78. The van der Waals surface area contributed by atoms with Crippen LogP contribution in [0.15, 0.2) is 0 Å². The molecule has 0 aliphatic heterocycles. The van der Waals surface area contributed by atoms with Crippen LogP contribution in [0.4, 0.5) is 0 Å². The predicted octanol–water partition coefficient (Wildman–Crippen LogP) is 3.38. The largest absolute Gasteiger partial charge is 0.378 e. The molecule has 72 valence electrons. The van der Waals surface area contributed by atoms with Crippen molar-refractivity contribution in [3.05, 3.63) is 0 Å². The van der Waals surface area contributed by atoms with Gasteiger partial charge in [0.25, 0.3) is 0 Å². The van der Waals surface area contributed by atoms with Crippen LogP contribution >= 0.6 is 0 Å². The number of ether oxygens (including phenoxy) is 1. The molecule has 12 heavy (non-hydrogen) atoms. The molecular formula is C11H22O. The SMILES string of the molecule is CCCCCCOC(C)C1CC1. The third kappa shape index (κ3) is 4.10. The van der Waals surface area contributed by atoms with E-state index in [1.54, 1.807) is 0 Å². The molecule has 0 spiro atoms. The lowest BCUT2D eigenvalue weighted by Crippen LogP contribution is -2.11. The summed E-state index contributed by atoms with van der Waals surface area (Å²) in [7, 11) is 0. The van der Waals surface area contributed by atoms with Gasteiger partial charge in [0.15, 0.2) is 0 Å². The minimum absolute atomic E-state index is 0.534. The van der Waals surface area contributed by atoms with Crippen LogP contribution in [-0.2, 0) is 4.74 Å². The van der Waals surface area contributed by atoms with E-state index in [9.17, 15) is 0 Å². The Morgan fingerprint density at radius 1 is 1.25 bits per heavy atom. The van der Waals surface area contributed by atoms with Crippen molar-refractivity contribution in [1.82, 2.24) is 0 Å². The average Bonchev–Trinajstić information content (AvgIpc) is 2.86. The Morgan fingerprint density at radius 3 is 2.58 bits per heavy atom. The molecule has 0 saturated heterocycles. The first-order valence-corrected chi connectivity index (χ1v) is 5.46. The van der Waals surface area contributed by atoms with Crippen molar-refractivity contribution in [2.24, 2.45) is 5.92 Å². The molecule has 1 unspecified atom stereocenters. The van der Waals surface area contributed by atoms with Crippen molar-refractivity contribution in [3.63, 3.8) is 0 Å². The second kappa shape index (κ2) is 5.58. The fourth-order valence-corrected chi connectivity index (χ4v) is 1.50. The molecule has 1 aliphatic carbocycles. The van der Waals surface area contributed by atoms with Gasteiger partial charge >= 0.3 is 0 Å². The summed E-state index contributed by atoms with van der Waals surface area (Å²) in [6.07, 6.45) is 8.61. The van der Waals surface area contributed by atoms with Gasteiger partial charge in [-0.2, -0.15) is 0 Å². The van der Waals surface area contributed by atoms with Crippen LogP contribution in [0.25, 0.3) is 0 Å². The summed E-state index contributed by atoms with van der Waals surface area (Å²) >= 11 is 0. The molecule has 1 aliphatic rings. The van der Waals surface area contributed by atoms with Crippen molar-refractivity contribution in [3.8, 4) is 0 Å². The first kappa shape index (κ1) is 10.0. The Balaban J connectivity index is 1.81. The maximum Gasteiger partial charge on any atom is 0.0575 e. The van der Waals surface area contributed by atoms with Crippen molar-refractivity contribution >= 4 is 0 Å². The van der Waals surface area contributed by atoms with Gasteiger partial charge < -0.3 is 4.74 Å². The van der Waals surface area contributed by atoms with Crippen molar-refractivity contribution in [2.45, 2.75) is 58.5 Å². The van der Waals surface area contributed by atoms with Gasteiger partial charge in [0.1, 0.15) is 0 Å². The molecule has 0 radical (unpaired) electrons. The first-order valence-electron chi connectivity index (χ1n) is 5.46. The second-order valence-corrected chi connectivity index (χ2v) is 3.97. The Labute approximate surface area is 76.5 Å². The fourth-order valence-electron chi connectivity index (χ4n) is 1.50. The number of rotatable bonds is 7. The third-order valence-electron chi connectivity index (χ3n) is 2.66. The summed E-state index contributed by atoms with van der Waals surface area (Å²) in [5.41, 5.74) is 0. The third-order valence-corrected chi connectivity index (χ3v) is 2.66. The Hall–Kier alpha value is -0.0400. The lowest BCUT2D eigenvalue weighted by molar-refractivity contribution is 0.0487. The molecule has 1 rings (SSSR count). The zero-order valence-corrected chi connectivity index (χ0v) is 8.51. The number of hydrogen-bond donors (Lipinski definition) is 0. The van der Waals surface area contributed by atoms with E-state index in [-0.39, 0.29) is 0 Å². The lowest BCUT2D eigenvalue weighted by Gasteiger charge is -2.11. The molecule has 0 aromatic rings. The topological polar surface area (TPSA) is 9.23 Å². The van der Waals surface area contributed by atoms with Crippen LogP contribution in [0.3, 0.4) is 0 Å². The lowest BCUT2D eigenvalue weighted by atomic mass is 10.2. The molecule has 0 heterocycles. The van der Waals surface area contributed by atoms with Crippen LogP contribution in [-0.4, -0.2) is 12.7 Å². The summed E-state index contributed by atoms with van der Waals surface area (Å²) in [5.74, 6) is 0.899. The summed E-state index contributed by atoms with van der Waals surface area (Å²) in [5, 5.41) is 0. The summed E-state index contributed by atoms with van der Waals surface area (Å²) < 4.78 is 5.71. The van der Waals surface area contributed by atoms with Gasteiger partial charge in [-0.3, -0.25) is 0 Å². The Morgan fingerprint density at radius 2 is 2.00 bits per heavy atom. The van der Waals surface area contributed by atoms with Crippen molar-refractivity contribution < 1.29 is 4.74 Å². The van der Waals surface area contributed by atoms with E-state index in [0.29, 0.717) is 6.10 Å². The van der Waals surface area contributed by atoms with Gasteiger partial charge in [0, 0.05) is 6.61 Å². The van der Waals surface area contributed by atoms with E-state index in [2.05, 4.69) is 13.8 Å². The smallest absolute Gasteiger partial charge is 0.0575 e. The molecule has 1 atom stereocenters. The first-order chi connectivity index (χ1) is 5.84.